The van der Waals surface area contributed by atoms with Gasteiger partial charge in [0.2, 0.25) is 0 Å². The van der Waals surface area contributed by atoms with Crippen molar-refractivity contribution < 1.29 is 0 Å². The number of nitrogens with zero attached hydrogens (tertiary/aromatic N) is 4. The molecule has 2 radical (unpaired) electrons. The van der Waals surface area contributed by atoms with Crippen molar-refractivity contribution in [3.63, 3.8) is 0 Å². The van der Waals surface area contributed by atoms with Gasteiger partial charge in [-0.05, 0) is 28.2 Å². The summed E-state index contributed by atoms with van der Waals surface area (Å²) in [5.74, 6) is 2.90. The molecule has 1 saturated heterocycles. The third-order valence-corrected chi connectivity index (χ3v) is 5.97. The molecule has 0 spiro atoms. The van der Waals surface area contributed by atoms with Crippen molar-refractivity contribution in [2.45, 2.75) is 13.3 Å². The Balaban J connectivity index is 1.79. The second-order valence-electron chi connectivity index (χ2n) is 7.04. The third-order valence-electron chi connectivity index (χ3n) is 5.06. The summed E-state index contributed by atoms with van der Waals surface area (Å²) in [5.41, 5.74) is 2.14. The van der Waals surface area contributed by atoms with Gasteiger partial charge < -0.3 is 9.88 Å². The highest BCUT2D eigenvalue weighted by Crippen LogP contribution is 2.38. The molecule has 132 valence electrons. The predicted molar refractivity (Wildman–Crippen MR) is 112 cm³/mol. The minimum absolute atomic E-state index is 0.614. The number of H-pyrrole nitrogens is 1. The van der Waals surface area contributed by atoms with Gasteiger partial charge in [-0.25, -0.2) is 15.0 Å². The number of rotatable bonds is 3. The van der Waals surface area contributed by atoms with Crippen LogP contribution in [0.25, 0.3) is 33.0 Å². The molecule has 0 amide bonds. The molecule has 5 nitrogen and oxygen atoms in total. The molecule has 27 heavy (non-hydrogen) atoms. The molecular weight excluding hydrogens is 353 g/mol. The molecule has 4 aromatic rings. The van der Waals surface area contributed by atoms with Crippen LogP contribution in [0.5, 0.6) is 0 Å². The third kappa shape index (κ3) is 2.82. The summed E-state index contributed by atoms with van der Waals surface area (Å²) in [6, 6.07) is 10.3. The summed E-state index contributed by atoms with van der Waals surface area (Å²) in [6.07, 6.45) is 4.68. The van der Waals surface area contributed by atoms with E-state index in [9.17, 15) is 0 Å². The van der Waals surface area contributed by atoms with Crippen molar-refractivity contribution in [1.29, 1.82) is 0 Å². The zero-order chi connectivity index (χ0) is 18.4. The molecule has 1 atom stereocenters. The highest BCUT2D eigenvalue weighted by atomic mass is 32.1. The Labute approximate surface area is 162 Å². The first-order valence-corrected chi connectivity index (χ1v) is 9.92. The molecule has 1 fully saturated rings. The van der Waals surface area contributed by atoms with E-state index >= 15 is 0 Å². The summed E-state index contributed by atoms with van der Waals surface area (Å²) in [7, 11) is 6.46. The molecule has 1 aliphatic rings. The van der Waals surface area contributed by atoms with Crippen molar-refractivity contribution >= 4 is 40.0 Å². The summed E-state index contributed by atoms with van der Waals surface area (Å²) in [6.45, 7) is 4.27. The summed E-state index contributed by atoms with van der Waals surface area (Å²) in [5, 5.41) is 1.05. The molecule has 4 heterocycles. The fourth-order valence-corrected chi connectivity index (χ4v) is 4.70. The summed E-state index contributed by atoms with van der Waals surface area (Å²) < 4.78 is 0.774. The van der Waals surface area contributed by atoms with E-state index in [4.69, 9.17) is 17.8 Å². The highest BCUT2D eigenvalue weighted by Gasteiger charge is 2.26. The average Bonchev–Trinajstić information content (AvgIpc) is 3.41. The van der Waals surface area contributed by atoms with Crippen LogP contribution in [0.15, 0.2) is 42.7 Å². The van der Waals surface area contributed by atoms with Gasteiger partial charge in [0.05, 0.1) is 5.39 Å². The van der Waals surface area contributed by atoms with E-state index in [2.05, 4.69) is 33.9 Å². The lowest BCUT2D eigenvalue weighted by Crippen LogP contribution is -2.21. The molecular formula is C20H18BN5S. The van der Waals surface area contributed by atoms with E-state index in [1.165, 1.54) is 17.8 Å². The van der Waals surface area contributed by atoms with Gasteiger partial charge in [0.25, 0.3) is 0 Å². The molecule has 0 saturated carbocycles. The van der Waals surface area contributed by atoms with Crippen LogP contribution >= 0.6 is 11.3 Å². The number of anilines is 1. The van der Waals surface area contributed by atoms with Crippen LogP contribution in [0, 0.1) is 5.92 Å². The van der Waals surface area contributed by atoms with E-state index in [0.29, 0.717) is 17.6 Å². The normalized spacial score (nSPS) is 17.1. The number of nitrogens with one attached hydrogen (secondary N) is 1. The fourth-order valence-electron chi connectivity index (χ4n) is 3.74. The summed E-state index contributed by atoms with van der Waals surface area (Å²) in [4.78, 5) is 20.4. The van der Waals surface area contributed by atoms with Gasteiger partial charge in [0.1, 0.15) is 18.5 Å². The van der Waals surface area contributed by atoms with Gasteiger partial charge in [0, 0.05) is 25.5 Å². The Kier molecular flexibility index (Phi) is 3.97. The van der Waals surface area contributed by atoms with Crippen LogP contribution in [-0.4, -0.2) is 40.9 Å². The Hall–Kier alpha value is -2.67. The number of hydrogen-bond donors (Lipinski definition) is 1. The smallest absolute Gasteiger partial charge is 0.199 e. The molecule has 3 aromatic heterocycles. The van der Waals surface area contributed by atoms with E-state index in [0.717, 1.165) is 45.0 Å². The zero-order valence-electron chi connectivity index (χ0n) is 15.0. The molecule has 1 unspecified atom stereocenters. The maximum Gasteiger partial charge on any atom is 0.199 e. The van der Waals surface area contributed by atoms with Crippen molar-refractivity contribution in [2.24, 2.45) is 5.92 Å². The van der Waals surface area contributed by atoms with Gasteiger partial charge in [-0.15, -0.1) is 11.3 Å². The quantitative estimate of drug-likeness (QED) is 0.561. The highest BCUT2D eigenvalue weighted by molar-refractivity contribution is 7.26. The van der Waals surface area contributed by atoms with Gasteiger partial charge in [-0.3, -0.25) is 0 Å². The Bertz CT molecular complexity index is 1090. The first kappa shape index (κ1) is 16.5. The maximum absolute atomic E-state index is 6.46. The largest absolute Gasteiger partial charge is 0.356 e. The van der Waals surface area contributed by atoms with Crippen LogP contribution in [0.4, 0.5) is 5.82 Å². The molecule has 0 bridgehead atoms. The maximum atomic E-state index is 6.46. The molecule has 1 aliphatic heterocycles. The number of aromatic nitrogens is 4. The van der Waals surface area contributed by atoms with Crippen LogP contribution in [-0.2, 0) is 0 Å². The van der Waals surface area contributed by atoms with Crippen LogP contribution in [0.3, 0.4) is 0 Å². The number of thiophene rings is 1. The van der Waals surface area contributed by atoms with Crippen molar-refractivity contribution in [1.82, 2.24) is 19.9 Å². The second kappa shape index (κ2) is 6.49. The first-order chi connectivity index (χ1) is 13.2. The summed E-state index contributed by atoms with van der Waals surface area (Å²) >= 11 is 1.52. The minimum atomic E-state index is 0.614. The number of hydrogen-bond acceptors (Lipinski definition) is 5. The first-order valence-electron chi connectivity index (χ1n) is 9.11. The van der Waals surface area contributed by atoms with Crippen LogP contribution in [0.1, 0.15) is 13.3 Å². The Morgan fingerprint density at radius 3 is 2.78 bits per heavy atom. The van der Waals surface area contributed by atoms with Gasteiger partial charge >= 0.3 is 0 Å². The number of imidazole rings is 1. The molecule has 1 aromatic carbocycles. The Morgan fingerprint density at radius 2 is 2.07 bits per heavy atom. The van der Waals surface area contributed by atoms with Crippen LogP contribution < -0.4 is 9.68 Å². The topological polar surface area (TPSA) is 57.7 Å². The fraction of sp³-hybridized carbons (Fsp3) is 0.250. The second-order valence-corrected chi connectivity index (χ2v) is 8.07. The van der Waals surface area contributed by atoms with E-state index in [1.54, 1.807) is 12.4 Å². The standard InChI is InChI=1S/C20H18BN5S/c1-12-7-10-26(11-12)19-15-14(13-5-3-2-4-6-13)16(21)27-20(15)25-18(24-19)17-22-8-9-23-17/h2-6,8-9,12H,7,10-11H2,1H3,(H,22,23). The predicted octanol–water partition coefficient (Wildman–Crippen LogP) is 3.39. The zero-order valence-corrected chi connectivity index (χ0v) is 15.8. The lowest BCUT2D eigenvalue weighted by atomic mass is 9.94. The van der Waals surface area contributed by atoms with E-state index < -0.39 is 0 Å². The lowest BCUT2D eigenvalue weighted by molar-refractivity contribution is 0.659. The van der Waals surface area contributed by atoms with Gasteiger partial charge in [-0.1, -0.05) is 37.3 Å². The number of fused-ring (bicyclic) bond motifs is 1. The van der Waals surface area contributed by atoms with Crippen molar-refractivity contribution in [3.05, 3.63) is 42.7 Å². The molecule has 7 heteroatoms. The van der Waals surface area contributed by atoms with E-state index in [-0.39, 0.29) is 0 Å². The number of aromatic amines is 1. The Morgan fingerprint density at radius 1 is 1.22 bits per heavy atom. The average molecular weight is 371 g/mol. The molecule has 5 rings (SSSR count). The SMILES string of the molecule is [B]c1sc2nc(-c3ncc[nH]3)nc(N3CCC(C)C3)c2c1-c1ccccc1. The van der Waals surface area contributed by atoms with Gasteiger partial charge in [0.15, 0.2) is 11.6 Å². The molecule has 1 N–H and O–H groups in total. The van der Waals surface area contributed by atoms with Crippen molar-refractivity contribution in [2.75, 3.05) is 18.0 Å². The van der Waals surface area contributed by atoms with Crippen molar-refractivity contribution in [3.8, 4) is 22.8 Å². The minimum Gasteiger partial charge on any atom is -0.356 e. The van der Waals surface area contributed by atoms with E-state index in [1.807, 2.05) is 18.2 Å². The molecule has 0 aliphatic carbocycles. The monoisotopic (exact) mass is 371 g/mol. The van der Waals surface area contributed by atoms with Gasteiger partial charge in [-0.2, -0.15) is 0 Å². The van der Waals surface area contributed by atoms with Crippen LogP contribution in [0.2, 0.25) is 0 Å². The lowest BCUT2D eigenvalue weighted by Gasteiger charge is -2.19. The number of benzene rings is 1.